The molecular weight excluding hydrogens is 256 g/mol. The third-order valence-electron chi connectivity index (χ3n) is 2.85. The Balaban J connectivity index is 2.04. The van der Waals surface area contributed by atoms with Crippen LogP contribution in [0.1, 0.15) is 5.56 Å². The van der Waals surface area contributed by atoms with E-state index in [1.54, 1.807) is 12.1 Å². The molecule has 0 N–H and O–H groups in total. The monoisotopic (exact) mass is 265 g/mol. The highest BCUT2D eigenvalue weighted by atomic mass is 32.2. The van der Waals surface area contributed by atoms with Gasteiger partial charge >= 0.3 is 0 Å². The number of hydrogen-bond donors (Lipinski definition) is 0. The van der Waals surface area contributed by atoms with E-state index in [0.717, 1.165) is 11.6 Å². The van der Waals surface area contributed by atoms with Crippen LogP contribution in [0.25, 0.3) is 0 Å². The predicted molar refractivity (Wildman–Crippen MR) is 65.4 cm³/mol. The zero-order valence-electron chi connectivity index (χ0n) is 9.27. The van der Waals surface area contributed by atoms with E-state index < -0.39 is 22.6 Å². The summed E-state index contributed by atoms with van der Waals surface area (Å²) < 4.78 is 40.2. The number of halogens is 2. The minimum absolute atomic E-state index is 0.158. The first-order valence-electron chi connectivity index (χ1n) is 5.39. The second-order valence-electron chi connectivity index (χ2n) is 3.99. The van der Waals surface area contributed by atoms with Crippen LogP contribution < -0.4 is 4.31 Å². The molecule has 0 saturated heterocycles. The zero-order chi connectivity index (χ0) is 12.7. The van der Waals surface area contributed by atoms with Crippen LogP contribution in [0.15, 0.2) is 47.4 Å². The molecule has 5 heteroatoms. The van der Waals surface area contributed by atoms with Crippen molar-refractivity contribution in [2.75, 3.05) is 4.31 Å². The molecule has 2 nitrogen and oxygen atoms in total. The van der Waals surface area contributed by atoms with Gasteiger partial charge in [0.25, 0.3) is 0 Å². The number of benzene rings is 2. The van der Waals surface area contributed by atoms with E-state index in [-0.39, 0.29) is 5.69 Å². The van der Waals surface area contributed by atoms with E-state index in [0.29, 0.717) is 11.4 Å². The van der Waals surface area contributed by atoms with Gasteiger partial charge in [-0.1, -0.05) is 18.2 Å². The lowest BCUT2D eigenvalue weighted by atomic mass is 10.2. The van der Waals surface area contributed by atoms with Crippen LogP contribution in [-0.2, 0) is 17.5 Å². The average molecular weight is 265 g/mol. The van der Waals surface area contributed by atoms with Crippen molar-refractivity contribution in [3.05, 3.63) is 59.7 Å². The van der Waals surface area contributed by atoms with Crippen molar-refractivity contribution in [2.45, 2.75) is 11.4 Å². The first kappa shape index (κ1) is 11.3. The maximum absolute atomic E-state index is 13.7. The molecule has 0 aliphatic carbocycles. The van der Waals surface area contributed by atoms with Crippen molar-refractivity contribution in [3.63, 3.8) is 0 Å². The molecule has 1 unspecified atom stereocenters. The van der Waals surface area contributed by atoms with Crippen molar-refractivity contribution in [3.8, 4) is 0 Å². The molecule has 0 fully saturated rings. The van der Waals surface area contributed by atoms with Gasteiger partial charge in [-0.3, -0.25) is 4.31 Å². The fraction of sp³-hybridized carbons (Fsp3) is 0.0769. The van der Waals surface area contributed by atoms with Gasteiger partial charge in [0.2, 0.25) is 0 Å². The molecule has 0 bridgehead atoms. The molecule has 2 aromatic rings. The summed E-state index contributed by atoms with van der Waals surface area (Å²) in [5, 5.41) is 0. The summed E-state index contributed by atoms with van der Waals surface area (Å²) in [6.07, 6.45) is 0. The summed E-state index contributed by atoms with van der Waals surface area (Å²) in [4.78, 5) is 0.682. The Labute approximate surface area is 105 Å². The van der Waals surface area contributed by atoms with Gasteiger partial charge in [0.1, 0.15) is 11.6 Å². The zero-order valence-corrected chi connectivity index (χ0v) is 10.1. The van der Waals surface area contributed by atoms with E-state index >= 15 is 0 Å². The fourth-order valence-corrected chi connectivity index (χ4v) is 3.37. The van der Waals surface area contributed by atoms with E-state index in [2.05, 4.69) is 0 Å². The van der Waals surface area contributed by atoms with Crippen LogP contribution in [0, 0.1) is 11.6 Å². The molecule has 0 saturated carbocycles. The van der Waals surface area contributed by atoms with Crippen molar-refractivity contribution in [1.82, 2.24) is 0 Å². The normalized spacial score (nSPS) is 17.9. The molecule has 1 aliphatic heterocycles. The van der Waals surface area contributed by atoms with Crippen LogP contribution in [-0.4, -0.2) is 4.21 Å². The lowest BCUT2D eigenvalue weighted by molar-refractivity contribution is 0.583. The van der Waals surface area contributed by atoms with Crippen molar-refractivity contribution < 1.29 is 13.0 Å². The molecule has 0 amide bonds. The Morgan fingerprint density at radius 3 is 2.61 bits per heavy atom. The third-order valence-corrected chi connectivity index (χ3v) is 4.35. The predicted octanol–water partition coefficient (Wildman–Crippen LogP) is 3.01. The Hall–Kier alpha value is -1.75. The molecule has 2 aromatic carbocycles. The fourth-order valence-electron chi connectivity index (χ4n) is 1.99. The van der Waals surface area contributed by atoms with E-state index in [9.17, 15) is 13.0 Å². The number of nitrogens with zero attached hydrogens (tertiary/aromatic N) is 1. The number of hydrogen-bond acceptors (Lipinski definition) is 1. The highest BCUT2D eigenvalue weighted by Gasteiger charge is 2.28. The average Bonchev–Trinajstić information content (AvgIpc) is 2.68. The van der Waals surface area contributed by atoms with E-state index in [4.69, 9.17) is 0 Å². The molecule has 1 heterocycles. The van der Waals surface area contributed by atoms with Crippen LogP contribution in [0.2, 0.25) is 0 Å². The van der Waals surface area contributed by atoms with Gasteiger partial charge in [-0.2, -0.15) is 0 Å². The minimum atomic E-state index is -1.43. The first-order valence-corrected chi connectivity index (χ1v) is 6.50. The number of rotatable bonds is 1. The van der Waals surface area contributed by atoms with Crippen LogP contribution in [0.3, 0.4) is 0 Å². The standard InChI is InChI=1S/C13H9F2NOS/c14-10-5-6-12(11(15)7-10)16-8-9-3-1-2-4-13(9)18(16)17/h1-7H,8H2. The second kappa shape index (κ2) is 4.17. The summed E-state index contributed by atoms with van der Waals surface area (Å²) in [5.74, 6) is -1.34. The molecule has 0 spiro atoms. The first-order chi connectivity index (χ1) is 8.66. The van der Waals surface area contributed by atoms with Gasteiger partial charge in [0.15, 0.2) is 11.0 Å². The van der Waals surface area contributed by atoms with Crippen LogP contribution in [0.5, 0.6) is 0 Å². The number of anilines is 1. The minimum Gasteiger partial charge on any atom is -0.280 e. The van der Waals surface area contributed by atoms with Gasteiger partial charge in [0.05, 0.1) is 17.1 Å². The summed E-state index contributed by atoms with van der Waals surface area (Å²) in [5.41, 5.74) is 1.06. The van der Waals surface area contributed by atoms with Gasteiger partial charge < -0.3 is 0 Å². The molecule has 1 aliphatic rings. The Bertz CT molecular complexity index is 645. The van der Waals surface area contributed by atoms with Crippen molar-refractivity contribution >= 4 is 16.7 Å². The highest BCUT2D eigenvalue weighted by Crippen LogP contribution is 2.33. The Morgan fingerprint density at radius 2 is 1.89 bits per heavy atom. The topological polar surface area (TPSA) is 20.3 Å². The molecule has 0 aromatic heterocycles. The Kier molecular flexibility index (Phi) is 2.63. The van der Waals surface area contributed by atoms with Gasteiger partial charge in [-0.15, -0.1) is 0 Å². The van der Waals surface area contributed by atoms with Gasteiger partial charge in [-0.25, -0.2) is 13.0 Å². The summed E-state index contributed by atoms with van der Waals surface area (Å²) >= 11 is 0. The van der Waals surface area contributed by atoms with E-state index in [1.807, 2.05) is 12.1 Å². The van der Waals surface area contributed by atoms with E-state index in [1.165, 1.54) is 16.4 Å². The summed E-state index contributed by atoms with van der Waals surface area (Å²) in [6, 6.07) is 10.5. The number of fused-ring (bicyclic) bond motifs is 1. The molecule has 3 rings (SSSR count). The SMILES string of the molecule is O=S1c2ccccc2CN1c1ccc(F)cc1F. The van der Waals surface area contributed by atoms with Crippen molar-refractivity contribution in [2.24, 2.45) is 0 Å². The van der Waals surface area contributed by atoms with Gasteiger partial charge in [0, 0.05) is 6.07 Å². The summed E-state index contributed by atoms with van der Waals surface area (Å²) in [6.45, 7) is 0.366. The van der Waals surface area contributed by atoms with Crippen molar-refractivity contribution in [1.29, 1.82) is 0 Å². The molecule has 1 atom stereocenters. The third kappa shape index (κ3) is 1.71. The van der Waals surface area contributed by atoms with Crippen LogP contribution >= 0.6 is 0 Å². The smallest absolute Gasteiger partial charge is 0.153 e. The second-order valence-corrected chi connectivity index (χ2v) is 5.37. The largest absolute Gasteiger partial charge is 0.280 e. The maximum Gasteiger partial charge on any atom is 0.153 e. The molecular formula is C13H9F2NOS. The van der Waals surface area contributed by atoms with Crippen LogP contribution in [0.4, 0.5) is 14.5 Å². The maximum atomic E-state index is 13.7. The quantitative estimate of drug-likeness (QED) is 0.776. The van der Waals surface area contributed by atoms with Gasteiger partial charge in [-0.05, 0) is 23.8 Å². The molecule has 0 radical (unpaired) electrons. The summed E-state index contributed by atoms with van der Waals surface area (Å²) in [7, 11) is -1.43. The lowest BCUT2D eigenvalue weighted by Crippen LogP contribution is -2.19. The molecule has 92 valence electrons. The lowest BCUT2D eigenvalue weighted by Gasteiger charge is -2.16. The molecule has 18 heavy (non-hydrogen) atoms. The Morgan fingerprint density at radius 1 is 1.11 bits per heavy atom. The highest BCUT2D eigenvalue weighted by molar-refractivity contribution is 7.86.